The van der Waals surface area contributed by atoms with Crippen molar-refractivity contribution in [1.82, 2.24) is 5.32 Å². The molecule has 3 nitrogen and oxygen atoms in total. The molecule has 0 aromatic carbocycles. The second kappa shape index (κ2) is 6.30. The largest absolute Gasteiger partial charge is 0.468 e. The molecule has 1 rings (SSSR count). The molecule has 1 saturated heterocycles. The van der Waals surface area contributed by atoms with Crippen LogP contribution >= 0.6 is 11.8 Å². The molecule has 0 spiro atoms. The summed E-state index contributed by atoms with van der Waals surface area (Å²) in [6, 6.07) is -0.124. The van der Waals surface area contributed by atoms with Gasteiger partial charge in [0.25, 0.3) is 0 Å². The second-order valence-corrected chi connectivity index (χ2v) is 4.94. The molecule has 14 heavy (non-hydrogen) atoms. The number of ether oxygens (including phenoxy) is 1. The van der Waals surface area contributed by atoms with Gasteiger partial charge in [0.2, 0.25) is 0 Å². The molecule has 0 amide bonds. The molecule has 0 saturated carbocycles. The Labute approximate surface area is 90.0 Å². The zero-order valence-electron chi connectivity index (χ0n) is 8.91. The van der Waals surface area contributed by atoms with Gasteiger partial charge in [-0.2, -0.15) is 11.8 Å². The Hall–Kier alpha value is -0.220. The molecule has 1 fully saturated rings. The van der Waals surface area contributed by atoms with Gasteiger partial charge < -0.3 is 10.1 Å². The van der Waals surface area contributed by atoms with E-state index in [1.54, 1.807) is 0 Å². The van der Waals surface area contributed by atoms with E-state index in [-0.39, 0.29) is 12.0 Å². The monoisotopic (exact) mass is 217 g/mol. The highest BCUT2D eigenvalue weighted by Gasteiger charge is 2.20. The van der Waals surface area contributed by atoms with Crippen molar-refractivity contribution in [2.24, 2.45) is 0 Å². The molecular formula is C10H19NO2S. The highest BCUT2D eigenvalue weighted by atomic mass is 32.2. The molecule has 1 aliphatic rings. The highest BCUT2D eigenvalue weighted by Crippen LogP contribution is 2.25. The van der Waals surface area contributed by atoms with Gasteiger partial charge in [0.15, 0.2) is 0 Å². The summed E-state index contributed by atoms with van der Waals surface area (Å²) in [5.74, 6) is 1.12. The molecule has 1 N–H and O–H groups in total. The number of hydrogen-bond acceptors (Lipinski definition) is 4. The third kappa shape index (κ3) is 3.50. The van der Waals surface area contributed by atoms with Gasteiger partial charge in [-0.3, -0.25) is 4.79 Å². The number of carbonyl (C=O) groups is 1. The summed E-state index contributed by atoms with van der Waals surface area (Å²) in [6.07, 6.45) is 3.38. The Balaban J connectivity index is 2.22. The van der Waals surface area contributed by atoms with E-state index in [9.17, 15) is 4.79 Å². The average Bonchev–Trinajstić information content (AvgIpc) is 2.71. The van der Waals surface area contributed by atoms with Crippen LogP contribution in [-0.2, 0) is 9.53 Å². The Morgan fingerprint density at radius 2 is 2.50 bits per heavy atom. The molecule has 1 heterocycles. The van der Waals surface area contributed by atoms with E-state index < -0.39 is 0 Å². The Morgan fingerprint density at radius 3 is 3.00 bits per heavy atom. The quantitative estimate of drug-likeness (QED) is 0.707. The van der Waals surface area contributed by atoms with Crippen molar-refractivity contribution >= 4 is 17.7 Å². The predicted octanol–water partition coefficient (Wildman–Crippen LogP) is 1.42. The van der Waals surface area contributed by atoms with Gasteiger partial charge >= 0.3 is 5.97 Å². The minimum absolute atomic E-state index is 0.124. The third-order valence-electron chi connectivity index (χ3n) is 2.51. The highest BCUT2D eigenvalue weighted by molar-refractivity contribution is 8.00. The second-order valence-electron chi connectivity index (χ2n) is 3.53. The maximum atomic E-state index is 11.3. The molecule has 2 unspecified atom stereocenters. The summed E-state index contributed by atoms with van der Waals surface area (Å²) >= 11 is 2.00. The first-order valence-corrected chi connectivity index (χ1v) is 6.25. The van der Waals surface area contributed by atoms with Crippen molar-refractivity contribution in [3.8, 4) is 0 Å². The van der Waals surface area contributed by atoms with Crippen molar-refractivity contribution < 1.29 is 9.53 Å². The van der Waals surface area contributed by atoms with Crippen molar-refractivity contribution in [1.29, 1.82) is 0 Å². The van der Waals surface area contributed by atoms with Crippen LogP contribution in [0.3, 0.4) is 0 Å². The van der Waals surface area contributed by atoms with Crippen LogP contribution in [0.4, 0.5) is 0 Å². The molecule has 0 aliphatic carbocycles. The Morgan fingerprint density at radius 1 is 1.71 bits per heavy atom. The summed E-state index contributed by atoms with van der Waals surface area (Å²) in [5, 5.41) is 3.96. The van der Waals surface area contributed by atoms with E-state index in [4.69, 9.17) is 4.74 Å². The normalized spacial score (nSPS) is 23.4. The number of nitrogens with one attached hydrogen (secondary N) is 1. The fourth-order valence-electron chi connectivity index (χ4n) is 1.62. The number of thioether (sulfide) groups is 1. The molecule has 1 aliphatic heterocycles. The predicted molar refractivity (Wildman–Crippen MR) is 59.6 cm³/mol. The lowest BCUT2D eigenvalue weighted by molar-refractivity contribution is -0.143. The van der Waals surface area contributed by atoms with Gasteiger partial charge in [-0.25, -0.2) is 0 Å². The minimum atomic E-state index is -0.143. The van der Waals surface area contributed by atoms with Crippen LogP contribution in [0.5, 0.6) is 0 Å². The van der Waals surface area contributed by atoms with Crippen LogP contribution < -0.4 is 5.32 Å². The summed E-state index contributed by atoms with van der Waals surface area (Å²) in [6.45, 7) is 2.93. The molecule has 0 aromatic heterocycles. The summed E-state index contributed by atoms with van der Waals surface area (Å²) in [5.41, 5.74) is 0. The third-order valence-corrected chi connectivity index (χ3v) is 3.91. The maximum Gasteiger partial charge on any atom is 0.322 e. The van der Waals surface area contributed by atoms with E-state index in [0.29, 0.717) is 5.25 Å². The van der Waals surface area contributed by atoms with Crippen molar-refractivity contribution in [3.05, 3.63) is 0 Å². The van der Waals surface area contributed by atoms with Gasteiger partial charge in [0.05, 0.1) is 7.11 Å². The van der Waals surface area contributed by atoms with E-state index in [1.165, 1.54) is 25.7 Å². The van der Waals surface area contributed by atoms with Gasteiger partial charge in [0.1, 0.15) is 6.04 Å². The van der Waals surface area contributed by atoms with Crippen LogP contribution in [-0.4, -0.2) is 36.7 Å². The first-order chi connectivity index (χ1) is 6.77. The lowest BCUT2D eigenvalue weighted by Gasteiger charge is -2.16. The topological polar surface area (TPSA) is 38.3 Å². The lowest BCUT2D eigenvalue weighted by Crippen LogP contribution is -2.40. The van der Waals surface area contributed by atoms with Crippen molar-refractivity contribution in [3.63, 3.8) is 0 Å². The number of carbonyl (C=O) groups excluding carboxylic acids is 1. The van der Waals surface area contributed by atoms with Gasteiger partial charge in [-0.15, -0.1) is 0 Å². The zero-order chi connectivity index (χ0) is 10.4. The average molecular weight is 217 g/mol. The fourth-order valence-corrected chi connectivity index (χ4v) is 2.83. The smallest absolute Gasteiger partial charge is 0.322 e. The number of hydrogen-bond donors (Lipinski definition) is 1. The Bertz CT molecular complexity index is 181. The van der Waals surface area contributed by atoms with Gasteiger partial charge in [0, 0.05) is 11.8 Å². The van der Waals surface area contributed by atoms with Crippen LogP contribution in [0.25, 0.3) is 0 Å². The molecular weight excluding hydrogens is 198 g/mol. The SMILES string of the molecule is CCC(NCC1CCCS1)C(=O)OC. The van der Waals surface area contributed by atoms with Gasteiger partial charge in [-0.05, 0) is 25.0 Å². The van der Waals surface area contributed by atoms with E-state index in [2.05, 4.69) is 5.32 Å². The minimum Gasteiger partial charge on any atom is -0.468 e. The standard InChI is InChI=1S/C10H19NO2S/c1-3-9(10(12)13-2)11-7-8-5-4-6-14-8/h8-9,11H,3-7H2,1-2H3. The zero-order valence-corrected chi connectivity index (χ0v) is 9.73. The fraction of sp³-hybridized carbons (Fsp3) is 0.900. The molecule has 82 valence electrons. The molecule has 4 heteroatoms. The van der Waals surface area contributed by atoms with Gasteiger partial charge in [-0.1, -0.05) is 6.92 Å². The first-order valence-electron chi connectivity index (χ1n) is 5.20. The first kappa shape index (κ1) is 11.9. The van der Waals surface area contributed by atoms with Crippen molar-refractivity contribution in [2.75, 3.05) is 19.4 Å². The number of rotatable bonds is 5. The maximum absolute atomic E-state index is 11.3. The van der Waals surface area contributed by atoms with Crippen LogP contribution in [0, 0.1) is 0 Å². The van der Waals surface area contributed by atoms with E-state index >= 15 is 0 Å². The molecule has 0 aromatic rings. The number of methoxy groups -OCH3 is 1. The van der Waals surface area contributed by atoms with Crippen LogP contribution in [0.1, 0.15) is 26.2 Å². The lowest BCUT2D eigenvalue weighted by atomic mass is 10.2. The summed E-state index contributed by atoms with van der Waals surface area (Å²) in [7, 11) is 1.44. The molecule has 2 atom stereocenters. The van der Waals surface area contributed by atoms with Crippen LogP contribution in [0.15, 0.2) is 0 Å². The molecule has 0 bridgehead atoms. The van der Waals surface area contributed by atoms with Crippen molar-refractivity contribution in [2.45, 2.75) is 37.5 Å². The van der Waals surface area contributed by atoms with Crippen LogP contribution in [0.2, 0.25) is 0 Å². The number of esters is 1. The summed E-state index contributed by atoms with van der Waals surface area (Å²) < 4.78 is 4.71. The summed E-state index contributed by atoms with van der Waals surface area (Å²) in [4.78, 5) is 11.3. The van der Waals surface area contributed by atoms with E-state index in [1.807, 2.05) is 18.7 Å². The van der Waals surface area contributed by atoms with E-state index in [0.717, 1.165) is 13.0 Å². The Kier molecular flexibility index (Phi) is 5.33. The molecule has 0 radical (unpaired) electrons.